The summed E-state index contributed by atoms with van der Waals surface area (Å²) in [6.07, 6.45) is 13.7. The molecule has 0 spiro atoms. The average molecular weight is 383 g/mol. The van der Waals surface area contributed by atoms with Gasteiger partial charge in [-0.25, -0.2) is 0 Å². The maximum atomic E-state index is 5.61. The van der Waals surface area contributed by atoms with Crippen molar-refractivity contribution in [2.45, 2.75) is 64.3 Å². The van der Waals surface area contributed by atoms with Crippen molar-refractivity contribution < 1.29 is 9.47 Å². The number of hydrogen-bond donors (Lipinski definition) is 0. The van der Waals surface area contributed by atoms with Gasteiger partial charge in [0.15, 0.2) is 0 Å². The van der Waals surface area contributed by atoms with E-state index in [1.165, 1.54) is 62.5 Å². The lowest BCUT2D eigenvalue weighted by atomic mass is 9.89. The molecule has 152 valence electrons. The Morgan fingerprint density at radius 1 is 1.11 bits per heavy atom. The third-order valence-corrected chi connectivity index (χ3v) is 6.47. The molecule has 0 amide bonds. The molecule has 1 atom stereocenters. The lowest BCUT2D eigenvalue weighted by molar-refractivity contribution is 0.184. The molecule has 4 rings (SSSR count). The molecule has 1 aliphatic carbocycles. The Hall–Kier alpha value is -1.81. The van der Waals surface area contributed by atoms with E-state index in [9.17, 15) is 0 Å². The highest BCUT2D eigenvalue weighted by atomic mass is 16.5. The highest BCUT2D eigenvalue weighted by Gasteiger charge is 2.17. The fraction of sp³-hybridized carbons (Fsp3) is 0.625. The minimum absolute atomic E-state index is 0.740. The number of rotatable bonds is 8. The van der Waals surface area contributed by atoms with Crippen molar-refractivity contribution in [1.82, 2.24) is 9.78 Å². The van der Waals surface area contributed by atoms with Gasteiger partial charge in [-0.2, -0.15) is 5.10 Å². The first-order chi connectivity index (χ1) is 13.8. The molecule has 0 unspecified atom stereocenters. The molecule has 4 heteroatoms. The minimum Gasteiger partial charge on any atom is -0.496 e. The summed E-state index contributed by atoms with van der Waals surface area (Å²) in [6.45, 7) is 2.94. The van der Waals surface area contributed by atoms with E-state index in [0.717, 1.165) is 49.5 Å². The molecule has 0 radical (unpaired) electrons. The molecule has 2 aliphatic rings. The highest BCUT2D eigenvalue weighted by molar-refractivity contribution is 5.61. The van der Waals surface area contributed by atoms with Gasteiger partial charge in [0.05, 0.1) is 12.8 Å². The lowest BCUT2D eigenvalue weighted by Gasteiger charge is -2.21. The van der Waals surface area contributed by atoms with E-state index >= 15 is 0 Å². The Bertz CT molecular complexity index is 743. The van der Waals surface area contributed by atoms with Gasteiger partial charge in [0.25, 0.3) is 0 Å². The maximum absolute atomic E-state index is 5.61. The minimum atomic E-state index is 0.740. The van der Waals surface area contributed by atoms with Crippen LogP contribution in [0.4, 0.5) is 0 Å². The van der Waals surface area contributed by atoms with Gasteiger partial charge in [0.2, 0.25) is 0 Å². The summed E-state index contributed by atoms with van der Waals surface area (Å²) in [5.41, 5.74) is 3.56. The standard InChI is InChI=1S/C24H34N2O2/c1-27-24-11-10-21(16-22(24)9-5-8-20-13-15-28-18-20)23-12-14-26(25-23)17-19-6-3-2-4-7-19/h10-12,14,16,19-20H,2-9,13,15,17-18H2,1H3/t20-/m1/s1. The molecule has 4 nitrogen and oxygen atoms in total. The van der Waals surface area contributed by atoms with Gasteiger partial charge in [-0.05, 0) is 80.2 Å². The molecule has 1 saturated heterocycles. The molecular weight excluding hydrogens is 348 g/mol. The van der Waals surface area contributed by atoms with Crippen molar-refractivity contribution >= 4 is 0 Å². The van der Waals surface area contributed by atoms with Gasteiger partial charge in [0.1, 0.15) is 5.75 Å². The van der Waals surface area contributed by atoms with Crippen molar-refractivity contribution in [2.75, 3.05) is 20.3 Å². The van der Waals surface area contributed by atoms with Crippen molar-refractivity contribution in [2.24, 2.45) is 11.8 Å². The van der Waals surface area contributed by atoms with E-state index in [1.807, 2.05) is 0 Å². The van der Waals surface area contributed by atoms with Crippen LogP contribution < -0.4 is 4.74 Å². The number of nitrogens with zero attached hydrogens (tertiary/aromatic N) is 2. The fourth-order valence-corrected chi connectivity index (χ4v) is 4.78. The van der Waals surface area contributed by atoms with Crippen molar-refractivity contribution in [3.63, 3.8) is 0 Å². The second kappa shape index (κ2) is 9.60. The molecule has 1 aromatic carbocycles. The van der Waals surface area contributed by atoms with Gasteiger partial charge in [0, 0.05) is 31.5 Å². The molecule has 0 bridgehead atoms. The van der Waals surface area contributed by atoms with E-state index in [2.05, 4.69) is 35.1 Å². The number of aryl methyl sites for hydroxylation is 1. The van der Waals surface area contributed by atoms with Crippen LogP contribution in [0.5, 0.6) is 5.75 Å². The van der Waals surface area contributed by atoms with Crippen LogP contribution in [0.1, 0.15) is 56.9 Å². The molecule has 1 saturated carbocycles. The second-order valence-corrected chi connectivity index (χ2v) is 8.58. The van der Waals surface area contributed by atoms with Crippen molar-refractivity contribution in [3.05, 3.63) is 36.0 Å². The quantitative estimate of drug-likeness (QED) is 0.605. The van der Waals surface area contributed by atoms with E-state index in [1.54, 1.807) is 7.11 Å². The molecule has 2 heterocycles. The summed E-state index contributed by atoms with van der Waals surface area (Å²) < 4.78 is 13.3. The van der Waals surface area contributed by atoms with Gasteiger partial charge in [-0.15, -0.1) is 0 Å². The fourth-order valence-electron chi connectivity index (χ4n) is 4.78. The summed E-state index contributed by atoms with van der Waals surface area (Å²) in [6, 6.07) is 8.67. The third kappa shape index (κ3) is 4.96. The van der Waals surface area contributed by atoms with Crippen LogP contribution in [0.3, 0.4) is 0 Å². The first kappa shape index (κ1) is 19.5. The summed E-state index contributed by atoms with van der Waals surface area (Å²) in [7, 11) is 1.77. The first-order valence-electron chi connectivity index (χ1n) is 11.1. The molecule has 2 fully saturated rings. The van der Waals surface area contributed by atoms with Crippen LogP contribution in [0.15, 0.2) is 30.5 Å². The van der Waals surface area contributed by atoms with E-state index < -0.39 is 0 Å². The summed E-state index contributed by atoms with van der Waals surface area (Å²) in [5.74, 6) is 2.53. The van der Waals surface area contributed by atoms with Crippen LogP contribution in [-0.4, -0.2) is 30.1 Å². The van der Waals surface area contributed by atoms with E-state index in [-0.39, 0.29) is 0 Å². The van der Waals surface area contributed by atoms with E-state index in [4.69, 9.17) is 14.6 Å². The number of benzene rings is 1. The Labute approximate surface area is 169 Å². The first-order valence-corrected chi connectivity index (χ1v) is 11.1. The van der Waals surface area contributed by atoms with Crippen molar-refractivity contribution in [3.8, 4) is 17.0 Å². The van der Waals surface area contributed by atoms with Gasteiger partial charge >= 0.3 is 0 Å². The molecule has 1 aromatic heterocycles. The molecule has 0 N–H and O–H groups in total. The van der Waals surface area contributed by atoms with Crippen LogP contribution in [-0.2, 0) is 17.7 Å². The van der Waals surface area contributed by atoms with Crippen molar-refractivity contribution in [1.29, 1.82) is 0 Å². The van der Waals surface area contributed by atoms with Crippen LogP contribution in [0.25, 0.3) is 11.3 Å². The Kier molecular flexibility index (Phi) is 6.69. The zero-order chi connectivity index (χ0) is 19.2. The van der Waals surface area contributed by atoms with Gasteiger partial charge < -0.3 is 9.47 Å². The normalized spacial score (nSPS) is 20.5. The summed E-state index contributed by atoms with van der Waals surface area (Å²) in [5, 5.41) is 4.87. The van der Waals surface area contributed by atoms with Crippen LogP contribution in [0.2, 0.25) is 0 Å². The van der Waals surface area contributed by atoms with E-state index in [0.29, 0.717) is 0 Å². The average Bonchev–Trinajstić information content (AvgIpc) is 3.41. The van der Waals surface area contributed by atoms with Gasteiger partial charge in [-0.1, -0.05) is 19.3 Å². The monoisotopic (exact) mass is 382 g/mol. The lowest BCUT2D eigenvalue weighted by Crippen LogP contribution is -2.14. The van der Waals surface area contributed by atoms with Crippen LogP contribution in [0, 0.1) is 11.8 Å². The van der Waals surface area contributed by atoms with Crippen LogP contribution >= 0.6 is 0 Å². The Morgan fingerprint density at radius 2 is 2.00 bits per heavy atom. The number of hydrogen-bond acceptors (Lipinski definition) is 3. The molecule has 1 aliphatic heterocycles. The second-order valence-electron chi connectivity index (χ2n) is 8.58. The number of ether oxygens (including phenoxy) is 2. The molecule has 28 heavy (non-hydrogen) atoms. The number of aromatic nitrogens is 2. The zero-order valence-electron chi connectivity index (χ0n) is 17.2. The zero-order valence-corrected chi connectivity index (χ0v) is 17.2. The maximum Gasteiger partial charge on any atom is 0.122 e. The Morgan fingerprint density at radius 3 is 2.79 bits per heavy atom. The largest absolute Gasteiger partial charge is 0.496 e. The molecular formula is C24H34N2O2. The third-order valence-electron chi connectivity index (χ3n) is 6.47. The highest BCUT2D eigenvalue weighted by Crippen LogP contribution is 2.29. The topological polar surface area (TPSA) is 36.3 Å². The number of methoxy groups -OCH3 is 1. The molecule has 2 aromatic rings. The summed E-state index contributed by atoms with van der Waals surface area (Å²) in [4.78, 5) is 0. The Balaban J connectivity index is 1.40. The summed E-state index contributed by atoms with van der Waals surface area (Å²) >= 11 is 0. The smallest absolute Gasteiger partial charge is 0.122 e. The predicted octanol–water partition coefficient (Wildman–Crippen LogP) is 5.50. The SMILES string of the molecule is COc1ccc(-c2ccn(CC3CCCCC3)n2)cc1CCC[C@@H]1CCOC1. The van der Waals surface area contributed by atoms with Gasteiger partial charge in [-0.3, -0.25) is 4.68 Å². The predicted molar refractivity (Wildman–Crippen MR) is 113 cm³/mol.